The van der Waals surface area contributed by atoms with Crippen LogP contribution < -0.4 is 0 Å². The molecule has 0 aromatic heterocycles. The minimum atomic E-state index is -3.33. The van der Waals surface area contributed by atoms with Crippen molar-refractivity contribution in [2.24, 2.45) is 11.8 Å². The molecule has 0 radical (unpaired) electrons. The normalized spacial score (nSPS) is 12.4. The number of hydrogen-bond donors (Lipinski definition) is 3. The van der Waals surface area contributed by atoms with Crippen LogP contribution in [0.4, 0.5) is 0 Å². The summed E-state index contributed by atoms with van der Waals surface area (Å²) in [6, 6.07) is 16.4. The molecule has 0 saturated heterocycles. The summed E-state index contributed by atoms with van der Waals surface area (Å²) in [6.07, 6.45) is 2.05. The van der Waals surface area contributed by atoms with E-state index in [0.29, 0.717) is 11.8 Å². The summed E-state index contributed by atoms with van der Waals surface area (Å²) >= 11 is 4.17. The first-order chi connectivity index (χ1) is 11.7. The van der Waals surface area contributed by atoms with Gasteiger partial charge in [-0.1, -0.05) is 74.3 Å². The third-order valence-electron chi connectivity index (χ3n) is 3.83. The van der Waals surface area contributed by atoms with Crippen molar-refractivity contribution in [3.63, 3.8) is 0 Å². The minimum Gasteiger partial charge on any atom is -0.341 e. The maximum atomic E-state index is 10.4. The van der Waals surface area contributed by atoms with Crippen LogP contribution in [0.2, 0.25) is 0 Å². The Morgan fingerprint density at radius 2 is 1.08 bits per heavy atom. The van der Waals surface area contributed by atoms with Crippen molar-refractivity contribution in [1.82, 2.24) is 0 Å². The van der Waals surface area contributed by atoms with Crippen molar-refractivity contribution in [1.29, 1.82) is 0 Å². The van der Waals surface area contributed by atoms with Gasteiger partial charge >= 0.3 is 0 Å². The molecule has 2 aromatic rings. The number of thiol groups is 1. The summed E-state index contributed by atoms with van der Waals surface area (Å²) < 4.78 is 0. The van der Waals surface area contributed by atoms with Crippen molar-refractivity contribution < 1.29 is 9.79 Å². The average molecular weight is 397 g/mol. The molecule has 25 heavy (non-hydrogen) atoms. The molecule has 138 valence electrons. The third kappa shape index (κ3) is 6.30. The van der Waals surface area contributed by atoms with Crippen LogP contribution in [-0.2, 0) is 22.9 Å². The Morgan fingerprint density at radius 1 is 0.760 bits per heavy atom. The second-order valence-electron chi connectivity index (χ2n) is 7.28. The Balaban J connectivity index is 2.38. The highest BCUT2D eigenvalue weighted by Gasteiger charge is 2.16. The fourth-order valence-electron chi connectivity index (χ4n) is 2.87. The highest BCUT2D eigenvalue weighted by atomic mass is 32.9. The topological polar surface area (TPSA) is 40.5 Å². The van der Waals surface area contributed by atoms with Crippen LogP contribution >= 0.6 is 17.9 Å². The first kappa shape index (κ1) is 20.8. The van der Waals surface area contributed by atoms with E-state index >= 15 is 0 Å². The van der Waals surface area contributed by atoms with E-state index in [4.69, 9.17) is 0 Å². The summed E-state index contributed by atoms with van der Waals surface area (Å²) in [5.74, 6) is 1.20. The number of benzene rings is 2. The molecule has 0 unspecified atom stereocenters. The molecule has 0 aliphatic heterocycles. The van der Waals surface area contributed by atoms with E-state index in [1.807, 2.05) is 24.3 Å². The van der Waals surface area contributed by atoms with Crippen LogP contribution in [0.25, 0.3) is 0 Å². The van der Waals surface area contributed by atoms with E-state index in [1.165, 1.54) is 11.1 Å². The van der Waals surface area contributed by atoms with Crippen molar-refractivity contribution in [2.45, 2.75) is 50.3 Å². The van der Waals surface area contributed by atoms with Gasteiger partial charge in [-0.05, 0) is 60.1 Å². The molecule has 0 atom stereocenters. The molecular formula is C20H29O2PS2. The van der Waals surface area contributed by atoms with Crippen molar-refractivity contribution in [3.05, 3.63) is 59.7 Å². The standard InChI is InChI=1S/C20H29O2PS2/c1-15(2)13-17-5-9-19(10-6-17)25(23(21,22)24)20-11-7-18(8-12-20)14-16(3)4/h5-12,15-16,21-22,24H,13-14H2,1-4H3. The van der Waals surface area contributed by atoms with E-state index in [-0.39, 0.29) is 0 Å². The van der Waals surface area contributed by atoms with E-state index < -0.39 is 15.8 Å². The maximum absolute atomic E-state index is 10.4. The summed E-state index contributed by atoms with van der Waals surface area (Å²) in [7, 11) is -0.824. The zero-order valence-electron chi connectivity index (χ0n) is 15.4. The Kier molecular flexibility index (Phi) is 7.42. The van der Waals surface area contributed by atoms with Crippen LogP contribution in [0, 0.1) is 11.8 Å². The molecule has 0 aliphatic rings. The molecule has 0 bridgehead atoms. The molecular weight excluding hydrogens is 367 g/mol. The zero-order valence-corrected chi connectivity index (χ0v) is 18.0. The van der Waals surface area contributed by atoms with Gasteiger partial charge in [0.15, 0.2) is 0 Å². The summed E-state index contributed by atoms with van der Waals surface area (Å²) in [6.45, 7) is 8.79. The largest absolute Gasteiger partial charge is 0.341 e. The van der Waals surface area contributed by atoms with Gasteiger partial charge in [-0.25, -0.2) is 0 Å². The van der Waals surface area contributed by atoms with Crippen LogP contribution in [0.1, 0.15) is 38.8 Å². The molecule has 2 N–H and O–H groups in total. The average Bonchev–Trinajstić information content (AvgIpc) is 2.48. The van der Waals surface area contributed by atoms with Crippen LogP contribution in [0.3, 0.4) is 0 Å². The van der Waals surface area contributed by atoms with Gasteiger partial charge in [0.25, 0.3) is 0 Å². The Hall–Kier alpha value is -0.510. The van der Waals surface area contributed by atoms with Gasteiger partial charge in [0.05, 0.1) is 0 Å². The molecule has 2 rings (SSSR count). The van der Waals surface area contributed by atoms with Gasteiger partial charge in [0.1, 0.15) is 0 Å². The molecule has 5 heteroatoms. The fourth-order valence-corrected chi connectivity index (χ4v) is 8.62. The lowest BCUT2D eigenvalue weighted by molar-refractivity contribution is 0.502. The minimum absolute atomic E-state index is 0.602. The summed E-state index contributed by atoms with van der Waals surface area (Å²) in [4.78, 5) is 22.6. The Bertz CT molecular complexity index is 681. The summed E-state index contributed by atoms with van der Waals surface area (Å²) in [5.41, 5.74) is -0.789. The van der Waals surface area contributed by atoms with E-state index in [9.17, 15) is 9.79 Å². The molecule has 0 saturated carbocycles. The van der Waals surface area contributed by atoms with Crippen LogP contribution in [0.5, 0.6) is 0 Å². The Morgan fingerprint density at radius 3 is 1.32 bits per heavy atom. The molecule has 2 nitrogen and oxygen atoms in total. The lowest BCUT2D eigenvalue weighted by Gasteiger charge is -2.18. The number of rotatable bonds is 6. The fraction of sp³-hybridized carbons (Fsp3) is 0.400. The second kappa shape index (κ2) is 8.92. The second-order valence-corrected chi connectivity index (χ2v) is 14.9. The third-order valence-corrected chi connectivity index (χ3v) is 9.96. The predicted molar refractivity (Wildman–Crippen MR) is 114 cm³/mol. The van der Waals surface area contributed by atoms with Gasteiger partial charge in [0, 0.05) is 9.79 Å². The van der Waals surface area contributed by atoms with Gasteiger partial charge in [-0.15, -0.1) is 0 Å². The molecule has 0 heterocycles. The van der Waals surface area contributed by atoms with Gasteiger partial charge < -0.3 is 9.79 Å². The smallest absolute Gasteiger partial charge is 0.207 e. The lowest BCUT2D eigenvalue weighted by atomic mass is 10.0. The molecule has 0 amide bonds. The zero-order chi connectivity index (χ0) is 18.6. The first-order valence-corrected chi connectivity index (χ1v) is 13.3. The highest BCUT2D eigenvalue weighted by Crippen LogP contribution is 2.51. The van der Waals surface area contributed by atoms with Crippen molar-refractivity contribution in [3.8, 4) is 0 Å². The van der Waals surface area contributed by atoms with Crippen LogP contribution in [0.15, 0.2) is 58.3 Å². The maximum Gasteiger partial charge on any atom is 0.207 e. The van der Waals surface area contributed by atoms with E-state index in [2.05, 4.69) is 64.2 Å². The highest BCUT2D eigenvalue weighted by molar-refractivity contribution is 8.65. The van der Waals surface area contributed by atoms with Gasteiger partial charge in [-0.3, -0.25) is 0 Å². The Labute approximate surface area is 159 Å². The SMILES string of the molecule is CC(C)Cc1ccc(S(c2ccc(CC(C)C)cc2)=P(O)(O)S)cc1. The molecule has 0 spiro atoms. The quantitative estimate of drug-likeness (QED) is 0.432. The monoisotopic (exact) mass is 396 g/mol. The number of hydrogen-bond acceptors (Lipinski definition) is 0. The molecule has 0 aliphatic carbocycles. The first-order valence-electron chi connectivity index (χ1n) is 8.67. The summed E-state index contributed by atoms with van der Waals surface area (Å²) in [5, 5.41) is 0. The molecule has 2 aromatic carbocycles. The van der Waals surface area contributed by atoms with E-state index in [1.54, 1.807) is 0 Å². The van der Waals surface area contributed by atoms with Gasteiger partial charge in [-0.2, -0.15) is 0 Å². The van der Waals surface area contributed by atoms with Crippen molar-refractivity contribution >= 4 is 28.0 Å². The van der Waals surface area contributed by atoms with E-state index in [0.717, 1.165) is 22.6 Å². The predicted octanol–water partition coefficient (Wildman–Crippen LogP) is 5.71. The molecule has 0 fully saturated rings. The lowest BCUT2D eigenvalue weighted by Crippen LogP contribution is -1.99. The van der Waals surface area contributed by atoms with Gasteiger partial charge in [0.2, 0.25) is 5.69 Å². The van der Waals surface area contributed by atoms with Crippen molar-refractivity contribution in [2.75, 3.05) is 0 Å². The van der Waals surface area contributed by atoms with Crippen LogP contribution in [-0.4, -0.2) is 9.79 Å².